The normalized spacial score (nSPS) is 12.2. The monoisotopic (exact) mass is 320 g/mol. The third-order valence-corrected chi connectivity index (χ3v) is 3.65. The Morgan fingerprint density at radius 2 is 2.00 bits per heavy atom. The third kappa shape index (κ3) is 3.14. The zero-order valence-corrected chi connectivity index (χ0v) is 12.9. The van der Waals surface area contributed by atoms with E-state index >= 15 is 0 Å². The predicted molar refractivity (Wildman–Crippen MR) is 80.6 cm³/mol. The molecular formula is C15H17BrN2O. The van der Waals surface area contributed by atoms with Gasteiger partial charge in [0.15, 0.2) is 0 Å². The zero-order valence-electron chi connectivity index (χ0n) is 11.3. The molecule has 0 spiro atoms. The van der Waals surface area contributed by atoms with E-state index in [9.17, 15) is 0 Å². The van der Waals surface area contributed by atoms with E-state index < -0.39 is 0 Å². The zero-order chi connectivity index (χ0) is 13.8. The molecule has 0 aliphatic rings. The predicted octanol–water partition coefficient (Wildman–Crippen LogP) is 3.47. The highest BCUT2D eigenvalue weighted by Crippen LogP contribution is 2.30. The van der Waals surface area contributed by atoms with Crippen LogP contribution in [-0.2, 0) is 0 Å². The van der Waals surface area contributed by atoms with Gasteiger partial charge in [0.05, 0.1) is 17.6 Å². The van der Waals surface area contributed by atoms with Crippen molar-refractivity contribution in [2.45, 2.75) is 13.0 Å². The van der Waals surface area contributed by atoms with Crippen LogP contribution in [0.25, 0.3) is 0 Å². The van der Waals surface area contributed by atoms with Gasteiger partial charge >= 0.3 is 0 Å². The van der Waals surface area contributed by atoms with E-state index in [1.165, 1.54) is 5.56 Å². The van der Waals surface area contributed by atoms with E-state index in [4.69, 9.17) is 4.74 Å². The molecule has 1 N–H and O–H groups in total. The molecule has 4 heteroatoms. The first-order chi connectivity index (χ1) is 9.15. The average molecular weight is 321 g/mol. The van der Waals surface area contributed by atoms with Gasteiger partial charge in [-0.1, -0.05) is 12.1 Å². The van der Waals surface area contributed by atoms with Crippen LogP contribution in [0.1, 0.15) is 22.7 Å². The minimum Gasteiger partial charge on any atom is -0.496 e. The average Bonchev–Trinajstić information content (AvgIpc) is 2.40. The molecule has 3 nitrogen and oxygen atoms in total. The highest BCUT2D eigenvalue weighted by Gasteiger charge is 2.14. The molecule has 0 saturated carbocycles. The summed E-state index contributed by atoms with van der Waals surface area (Å²) in [6.07, 6.45) is 3.76. The molecule has 100 valence electrons. The number of hydrogen-bond donors (Lipinski definition) is 1. The Bertz CT molecular complexity index is 572. The second-order valence-electron chi connectivity index (χ2n) is 4.41. The van der Waals surface area contributed by atoms with Crippen LogP contribution in [0.3, 0.4) is 0 Å². The summed E-state index contributed by atoms with van der Waals surface area (Å²) in [6, 6.07) is 8.36. The quantitative estimate of drug-likeness (QED) is 0.936. The molecule has 0 fully saturated rings. The van der Waals surface area contributed by atoms with Crippen LogP contribution in [0.4, 0.5) is 0 Å². The lowest BCUT2D eigenvalue weighted by Gasteiger charge is -2.18. The van der Waals surface area contributed by atoms with Gasteiger partial charge in [0, 0.05) is 12.4 Å². The Morgan fingerprint density at radius 3 is 2.58 bits per heavy atom. The van der Waals surface area contributed by atoms with Crippen LogP contribution >= 0.6 is 15.9 Å². The van der Waals surface area contributed by atoms with Crippen LogP contribution < -0.4 is 10.1 Å². The summed E-state index contributed by atoms with van der Waals surface area (Å²) in [5.41, 5.74) is 3.48. The number of halogens is 1. The molecule has 0 aliphatic carbocycles. The standard InChI is InChI=1S/C15H17BrN2O/c1-10-6-12(9-18-8-10)15(17-2)11-4-5-14(19-3)13(16)7-11/h4-9,15,17H,1-3H3. The van der Waals surface area contributed by atoms with Crippen LogP contribution in [-0.4, -0.2) is 19.1 Å². The Labute approximate surface area is 122 Å². The van der Waals surface area contributed by atoms with E-state index in [-0.39, 0.29) is 6.04 Å². The van der Waals surface area contributed by atoms with Gasteiger partial charge in [-0.05, 0) is 58.7 Å². The maximum atomic E-state index is 5.26. The lowest BCUT2D eigenvalue weighted by atomic mass is 9.99. The largest absolute Gasteiger partial charge is 0.496 e. The second-order valence-corrected chi connectivity index (χ2v) is 5.27. The lowest BCUT2D eigenvalue weighted by Crippen LogP contribution is -2.18. The van der Waals surface area contributed by atoms with Crippen molar-refractivity contribution in [3.63, 3.8) is 0 Å². The molecule has 1 atom stereocenters. The molecule has 0 radical (unpaired) electrons. The second kappa shape index (κ2) is 6.17. The van der Waals surface area contributed by atoms with E-state index in [0.29, 0.717) is 0 Å². The fourth-order valence-electron chi connectivity index (χ4n) is 2.12. The van der Waals surface area contributed by atoms with Gasteiger partial charge in [-0.2, -0.15) is 0 Å². The summed E-state index contributed by atoms with van der Waals surface area (Å²) >= 11 is 3.52. The molecule has 0 aliphatic heterocycles. The summed E-state index contributed by atoms with van der Waals surface area (Å²) in [5, 5.41) is 3.32. The van der Waals surface area contributed by atoms with Crippen molar-refractivity contribution < 1.29 is 4.74 Å². The Morgan fingerprint density at radius 1 is 1.21 bits per heavy atom. The molecule has 1 heterocycles. The minimum atomic E-state index is 0.120. The fraction of sp³-hybridized carbons (Fsp3) is 0.267. The maximum Gasteiger partial charge on any atom is 0.133 e. The number of aromatic nitrogens is 1. The Balaban J connectivity index is 2.39. The van der Waals surface area contributed by atoms with E-state index in [1.807, 2.05) is 32.4 Å². The van der Waals surface area contributed by atoms with Gasteiger partial charge < -0.3 is 10.1 Å². The number of nitrogens with zero attached hydrogens (tertiary/aromatic N) is 1. The Hall–Kier alpha value is -1.39. The Kier molecular flexibility index (Phi) is 4.56. The van der Waals surface area contributed by atoms with Crippen molar-refractivity contribution in [2.24, 2.45) is 0 Å². The third-order valence-electron chi connectivity index (χ3n) is 3.03. The van der Waals surface area contributed by atoms with Crippen molar-refractivity contribution in [1.82, 2.24) is 10.3 Å². The van der Waals surface area contributed by atoms with Crippen LogP contribution in [0, 0.1) is 6.92 Å². The maximum absolute atomic E-state index is 5.26. The van der Waals surface area contributed by atoms with Crippen molar-refractivity contribution in [3.8, 4) is 5.75 Å². The SMILES string of the molecule is CNC(c1cncc(C)c1)c1ccc(OC)c(Br)c1. The number of aryl methyl sites for hydroxylation is 1. The summed E-state index contributed by atoms with van der Waals surface area (Å²) in [7, 11) is 3.62. The molecule has 0 saturated heterocycles. The summed E-state index contributed by atoms with van der Waals surface area (Å²) < 4.78 is 6.21. The van der Waals surface area contributed by atoms with E-state index in [1.54, 1.807) is 7.11 Å². The first-order valence-electron chi connectivity index (χ1n) is 6.08. The molecule has 0 bridgehead atoms. The summed E-state index contributed by atoms with van der Waals surface area (Å²) in [4.78, 5) is 4.26. The van der Waals surface area contributed by atoms with Gasteiger partial charge in [-0.3, -0.25) is 4.98 Å². The molecule has 1 aromatic carbocycles. The molecule has 0 amide bonds. The topological polar surface area (TPSA) is 34.2 Å². The van der Waals surface area contributed by atoms with E-state index in [0.717, 1.165) is 21.3 Å². The van der Waals surface area contributed by atoms with Crippen LogP contribution in [0.2, 0.25) is 0 Å². The van der Waals surface area contributed by atoms with Gasteiger partial charge in [0.25, 0.3) is 0 Å². The first-order valence-corrected chi connectivity index (χ1v) is 6.87. The van der Waals surface area contributed by atoms with Gasteiger partial charge in [-0.25, -0.2) is 0 Å². The van der Waals surface area contributed by atoms with Crippen LogP contribution in [0.15, 0.2) is 41.1 Å². The van der Waals surface area contributed by atoms with Gasteiger partial charge in [0.2, 0.25) is 0 Å². The highest BCUT2D eigenvalue weighted by molar-refractivity contribution is 9.10. The number of methoxy groups -OCH3 is 1. The fourth-order valence-corrected chi connectivity index (χ4v) is 2.68. The highest BCUT2D eigenvalue weighted by atomic mass is 79.9. The van der Waals surface area contributed by atoms with Crippen molar-refractivity contribution in [2.75, 3.05) is 14.2 Å². The number of benzene rings is 1. The van der Waals surface area contributed by atoms with Crippen LogP contribution in [0.5, 0.6) is 5.75 Å². The smallest absolute Gasteiger partial charge is 0.133 e. The number of pyridine rings is 1. The van der Waals surface area contributed by atoms with Gasteiger partial charge in [0.1, 0.15) is 5.75 Å². The van der Waals surface area contributed by atoms with Crippen molar-refractivity contribution >= 4 is 15.9 Å². The van der Waals surface area contributed by atoms with E-state index in [2.05, 4.69) is 44.4 Å². The lowest BCUT2D eigenvalue weighted by molar-refractivity contribution is 0.412. The number of ether oxygens (including phenoxy) is 1. The van der Waals surface area contributed by atoms with Gasteiger partial charge in [-0.15, -0.1) is 0 Å². The molecular weight excluding hydrogens is 304 g/mol. The molecule has 1 unspecified atom stereocenters. The number of nitrogens with one attached hydrogen (secondary N) is 1. The number of rotatable bonds is 4. The first kappa shape index (κ1) is 14.0. The van der Waals surface area contributed by atoms with Crippen molar-refractivity contribution in [3.05, 3.63) is 57.8 Å². The summed E-state index contributed by atoms with van der Waals surface area (Å²) in [5.74, 6) is 0.834. The molecule has 19 heavy (non-hydrogen) atoms. The molecule has 1 aromatic heterocycles. The minimum absolute atomic E-state index is 0.120. The summed E-state index contributed by atoms with van der Waals surface area (Å²) in [6.45, 7) is 2.05. The van der Waals surface area contributed by atoms with Crippen molar-refractivity contribution in [1.29, 1.82) is 0 Å². The number of hydrogen-bond acceptors (Lipinski definition) is 3. The molecule has 2 aromatic rings. The molecule has 2 rings (SSSR count).